The van der Waals surface area contributed by atoms with Crippen molar-refractivity contribution in [3.63, 3.8) is 0 Å². The Morgan fingerprint density at radius 1 is 1.35 bits per heavy atom. The Morgan fingerprint density at radius 3 is 2.61 bits per heavy atom. The van der Waals surface area contributed by atoms with Gasteiger partial charge in [-0.05, 0) is 57.5 Å². The maximum atomic E-state index is 9.69. The highest BCUT2D eigenvalue weighted by Crippen LogP contribution is 2.39. The van der Waals surface area contributed by atoms with E-state index in [0.29, 0.717) is 5.92 Å². The van der Waals surface area contributed by atoms with Gasteiger partial charge in [-0.3, -0.25) is 0 Å². The van der Waals surface area contributed by atoms with Crippen molar-refractivity contribution in [2.45, 2.75) is 63.5 Å². The summed E-state index contributed by atoms with van der Waals surface area (Å²) in [5.41, 5.74) is 6.45. The molecule has 0 bridgehead atoms. The van der Waals surface area contributed by atoms with Crippen LogP contribution in [0.1, 0.15) is 58.1 Å². The van der Waals surface area contributed by atoms with Crippen molar-refractivity contribution >= 4 is 0 Å². The first kappa shape index (κ1) is 16.4. The summed E-state index contributed by atoms with van der Waals surface area (Å²) in [5, 5.41) is 21.6. The van der Waals surface area contributed by atoms with Crippen molar-refractivity contribution in [1.29, 1.82) is 5.26 Å². The lowest BCUT2D eigenvalue weighted by atomic mass is 9.72. The Kier molecular flexibility index (Phi) is 4.43. The van der Waals surface area contributed by atoms with Gasteiger partial charge in [-0.2, -0.15) is 5.26 Å². The van der Waals surface area contributed by atoms with Crippen LogP contribution in [0.4, 0.5) is 0 Å². The zero-order chi connectivity index (χ0) is 16.5. The minimum atomic E-state index is -0.576. The summed E-state index contributed by atoms with van der Waals surface area (Å²) in [7, 11) is 0. The standard InChI is InChI=1S/C17H28N6/c1-13-3-5-14(6-4-13)16(2,19)15-11-23(22-21-15)17(12-18)7-9-20-10-8-17/h11,13-14,20H,3-10,19H2,1-2H3/t13?,14?,16-/m0/s1. The molecule has 3 N–H and O–H groups in total. The van der Waals surface area contributed by atoms with Crippen LogP contribution >= 0.6 is 0 Å². The van der Waals surface area contributed by atoms with Gasteiger partial charge < -0.3 is 11.1 Å². The molecule has 23 heavy (non-hydrogen) atoms. The molecule has 2 aliphatic rings. The van der Waals surface area contributed by atoms with E-state index < -0.39 is 11.1 Å². The zero-order valence-electron chi connectivity index (χ0n) is 14.3. The lowest BCUT2D eigenvalue weighted by Gasteiger charge is -2.37. The number of hydrogen-bond donors (Lipinski definition) is 2. The first-order valence-corrected chi connectivity index (χ1v) is 8.82. The molecule has 0 aromatic carbocycles. The van der Waals surface area contributed by atoms with Crippen molar-refractivity contribution < 1.29 is 0 Å². The van der Waals surface area contributed by atoms with Crippen LogP contribution in [0.25, 0.3) is 0 Å². The molecule has 3 rings (SSSR count). The summed E-state index contributed by atoms with van der Waals surface area (Å²) in [5.74, 6) is 1.24. The van der Waals surface area contributed by atoms with Crippen molar-refractivity contribution in [1.82, 2.24) is 20.3 Å². The average molecular weight is 316 g/mol. The molecule has 0 unspecified atom stereocenters. The molecule has 0 spiro atoms. The van der Waals surface area contributed by atoms with E-state index in [1.807, 2.05) is 6.20 Å². The molecule has 0 radical (unpaired) electrons. The Labute approximate surface area is 138 Å². The first-order chi connectivity index (χ1) is 11.0. The number of piperidine rings is 1. The summed E-state index contributed by atoms with van der Waals surface area (Å²) in [6, 6.07) is 2.46. The van der Waals surface area contributed by atoms with E-state index in [1.54, 1.807) is 4.68 Å². The van der Waals surface area contributed by atoms with E-state index in [9.17, 15) is 5.26 Å². The molecule has 1 saturated heterocycles. The van der Waals surface area contributed by atoms with Crippen LogP contribution in [-0.2, 0) is 11.1 Å². The van der Waals surface area contributed by atoms with Gasteiger partial charge in [0.25, 0.3) is 0 Å². The van der Waals surface area contributed by atoms with Gasteiger partial charge in [0.2, 0.25) is 0 Å². The van der Waals surface area contributed by atoms with Crippen molar-refractivity contribution in [2.24, 2.45) is 17.6 Å². The molecule has 1 aliphatic carbocycles. The molecule has 1 aromatic heterocycles. The van der Waals surface area contributed by atoms with E-state index >= 15 is 0 Å². The van der Waals surface area contributed by atoms with Crippen LogP contribution in [0, 0.1) is 23.2 Å². The number of nitriles is 1. The highest BCUT2D eigenvalue weighted by Gasteiger charge is 2.40. The fourth-order valence-corrected chi connectivity index (χ4v) is 4.02. The summed E-state index contributed by atoms with van der Waals surface area (Å²) in [6.07, 6.45) is 8.21. The highest BCUT2D eigenvalue weighted by molar-refractivity contribution is 5.15. The molecule has 6 heteroatoms. The molecule has 1 saturated carbocycles. The quantitative estimate of drug-likeness (QED) is 0.888. The predicted octanol–water partition coefficient (Wildman–Crippen LogP) is 1.88. The van der Waals surface area contributed by atoms with E-state index in [-0.39, 0.29) is 0 Å². The first-order valence-electron chi connectivity index (χ1n) is 8.82. The summed E-state index contributed by atoms with van der Waals surface area (Å²) in [4.78, 5) is 0. The molecule has 1 aromatic rings. The van der Waals surface area contributed by atoms with Crippen LogP contribution < -0.4 is 11.1 Å². The van der Waals surface area contributed by atoms with Gasteiger partial charge in [-0.25, -0.2) is 4.68 Å². The topological polar surface area (TPSA) is 92.5 Å². The van der Waals surface area contributed by atoms with Crippen molar-refractivity contribution in [3.8, 4) is 6.07 Å². The fraction of sp³-hybridized carbons (Fsp3) is 0.824. The Morgan fingerprint density at radius 2 is 2.00 bits per heavy atom. The zero-order valence-corrected chi connectivity index (χ0v) is 14.3. The summed E-state index contributed by atoms with van der Waals surface area (Å²) in [6.45, 7) is 6.06. The van der Waals surface area contributed by atoms with Gasteiger partial charge in [-0.1, -0.05) is 25.0 Å². The third-order valence-corrected chi connectivity index (χ3v) is 5.99. The van der Waals surface area contributed by atoms with E-state index in [4.69, 9.17) is 5.73 Å². The van der Waals surface area contributed by atoms with Crippen molar-refractivity contribution in [3.05, 3.63) is 11.9 Å². The van der Waals surface area contributed by atoms with Crippen LogP contribution in [0.2, 0.25) is 0 Å². The maximum absolute atomic E-state index is 9.69. The number of nitrogens with one attached hydrogen (secondary N) is 1. The van der Waals surface area contributed by atoms with Crippen LogP contribution in [-0.4, -0.2) is 28.1 Å². The normalized spacial score (nSPS) is 30.3. The largest absolute Gasteiger partial charge is 0.320 e. The van der Waals surface area contributed by atoms with Gasteiger partial charge in [0.1, 0.15) is 5.69 Å². The average Bonchev–Trinajstić information content (AvgIpc) is 3.07. The van der Waals surface area contributed by atoms with Crippen LogP contribution in [0.5, 0.6) is 0 Å². The summed E-state index contributed by atoms with van der Waals surface area (Å²) < 4.78 is 1.76. The van der Waals surface area contributed by atoms with Crippen molar-refractivity contribution in [2.75, 3.05) is 13.1 Å². The monoisotopic (exact) mass is 316 g/mol. The molecule has 0 amide bonds. The fourth-order valence-electron chi connectivity index (χ4n) is 4.02. The number of nitrogens with zero attached hydrogens (tertiary/aromatic N) is 4. The van der Waals surface area contributed by atoms with Gasteiger partial charge in [-0.15, -0.1) is 5.10 Å². The third kappa shape index (κ3) is 3.00. The van der Waals surface area contributed by atoms with Gasteiger partial charge >= 0.3 is 0 Å². The molecule has 2 fully saturated rings. The second-order valence-electron chi connectivity index (χ2n) is 7.68. The van der Waals surface area contributed by atoms with E-state index in [1.165, 1.54) is 12.8 Å². The molecule has 126 valence electrons. The third-order valence-electron chi connectivity index (χ3n) is 5.99. The Balaban J connectivity index is 1.82. The van der Waals surface area contributed by atoms with Gasteiger partial charge in [0, 0.05) is 0 Å². The molecule has 1 atom stereocenters. The lowest BCUT2D eigenvalue weighted by molar-refractivity contribution is 0.189. The second-order valence-corrected chi connectivity index (χ2v) is 7.68. The number of rotatable bonds is 3. The number of aromatic nitrogens is 3. The van der Waals surface area contributed by atoms with E-state index in [0.717, 1.165) is 50.4 Å². The minimum absolute atomic E-state index is 0.440. The van der Waals surface area contributed by atoms with Gasteiger partial charge in [0.05, 0.1) is 17.8 Å². The summed E-state index contributed by atoms with van der Waals surface area (Å²) >= 11 is 0. The maximum Gasteiger partial charge on any atom is 0.152 e. The molecule has 1 aliphatic heterocycles. The Bertz CT molecular complexity index is 570. The highest BCUT2D eigenvalue weighted by atomic mass is 15.5. The minimum Gasteiger partial charge on any atom is -0.320 e. The SMILES string of the molecule is CC1CCC([C@](C)(N)c2cn(C3(C#N)CCNCC3)nn2)CC1. The Hall–Kier alpha value is -1.45. The van der Waals surface area contributed by atoms with Crippen LogP contribution in [0.15, 0.2) is 6.20 Å². The number of hydrogen-bond acceptors (Lipinski definition) is 5. The second kappa shape index (κ2) is 6.21. The molecular formula is C17H28N6. The molecule has 6 nitrogen and oxygen atoms in total. The predicted molar refractivity (Wildman–Crippen MR) is 88.4 cm³/mol. The van der Waals surface area contributed by atoms with Crippen LogP contribution in [0.3, 0.4) is 0 Å². The number of nitrogens with two attached hydrogens (primary N) is 1. The molecule has 2 heterocycles. The van der Waals surface area contributed by atoms with E-state index in [2.05, 4.69) is 35.5 Å². The lowest BCUT2D eigenvalue weighted by Crippen LogP contribution is -2.44. The van der Waals surface area contributed by atoms with Gasteiger partial charge in [0.15, 0.2) is 5.54 Å². The molecular weight excluding hydrogens is 288 g/mol. The smallest absolute Gasteiger partial charge is 0.152 e.